The van der Waals surface area contributed by atoms with Crippen molar-refractivity contribution in [3.63, 3.8) is 0 Å². The van der Waals surface area contributed by atoms with Gasteiger partial charge in [-0.3, -0.25) is 9.59 Å². The van der Waals surface area contributed by atoms with Crippen LogP contribution in [0, 0.1) is 13.8 Å². The lowest BCUT2D eigenvalue weighted by molar-refractivity contribution is -0.140. The van der Waals surface area contributed by atoms with Crippen LogP contribution in [0.25, 0.3) is 5.69 Å². The van der Waals surface area contributed by atoms with Crippen LogP contribution in [0.3, 0.4) is 0 Å². The minimum atomic E-state index is -0.220. The Bertz CT molecular complexity index is 870. The van der Waals surface area contributed by atoms with Crippen LogP contribution in [0.5, 0.6) is 0 Å². The fourth-order valence-electron chi connectivity index (χ4n) is 4.22. The maximum atomic E-state index is 13.0. The number of ether oxygens (including phenoxy) is 1. The molecule has 1 amide bonds. The van der Waals surface area contributed by atoms with E-state index in [1.54, 1.807) is 0 Å². The molecule has 0 spiro atoms. The number of hydrogen-bond acceptors (Lipinski definition) is 4. The molecule has 0 bridgehead atoms. The Morgan fingerprint density at radius 1 is 1.17 bits per heavy atom. The Labute approximate surface area is 172 Å². The first-order valence-corrected chi connectivity index (χ1v) is 10.5. The second-order valence-electron chi connectivity index (χ2n) is 7.74. The molecule has 0 radical (unpaired) electrons. The van der Waals surface area contributed by atoms with Gasteiger partial charge in [0.05, 0.1) is 18.5 Å². The van der Waals surface area contributed by atoms with E-state index in [4.69, 9.17) is 4.74 Å². The van der Waals surface area contributed by atoms with Crippen LogP contribution in [-0.2, 0) is 16.0 Å². The average Bonchev–Trinajstić information content (AvgIpc) is 3.04. The third-order valence-electron chi connectivity index (χ3n) is 5.97. The molecule has 0 aliphatic carbocycles. The molecule has 1 atom stereocenters. The summed E-state index contributed by atoms with van der Waals surface area (Å²) >= 11 is 0. The molecule has 1 saturated heterocycles. The predicted octanol–water partition coefficient (Wildman–Crippen LogP) is 4.00. The molecule has 1 fully saturated rings. The van der Waals surface area contributed by atoms with Gasteiger partial charge in [0.1, 0.15) is 0 Å². The van der Waals surface area contributed by atoms with Gasteiger partial charge in [-0.25, -0.2) is 4.68 Å². The zero-order valence-electron chi connectivity index (χ0n) is 17.9. The standard InChI is InChI=1S/C23H31N3O3/c1-5-19-8-6-7-15-25(19)23(28)18-9-11-20(12-10-18)26-17(3)21(16(2)24-26)13-14-22(27)29-4/h9-12,19H,5-8,13-15H2,1-4H3. The van der Waals surface area contributed by atoms with Crippen molar-refractivity contribution >= 4 is 11.9 Å². The Morgan fingerprint density at radius 3 is 2.55 bits per heavy atom. The van der Waals surface area contributed by atoms with Gasteiger partial charge in [0.2, 0.25) is 0 Å². The molecule has 6 nitrogen and oxygen atoms in total. The largest absolute Gasteiger partial charge is 0.469 e. The minimum Gasteiger partial charge on any atom is -0.469 e. The van der Waals surface area contributed by atoms with E-state index >= 15 is 0 Å². The third kappa shape index (κ3) is 4.52. The Kier molecular flexibility index (Phi) is 6.72. The zero-order chi connectivity index (χ0) is 21.0. The summed E-state index contributed by atoms with van der Waals surface area (Å²) in [5.74, 6) is -0.0993. The number of carbonyl (C=O) groups is 2. The highest BCUT2D eigenvalue weighted by Gasteiger charge is 2.26. The molecule has 1 unspecified atom stereocenters. The highest BCUT2D eigenvalue weighted by molar-refractivity contribution is 5.94. The van der Waals surface area contributed by atoms with Crippen LogP contribution in [0.1, 0.15) is 66.3 Å². The van der Waals surface area contributed by atoms with Crippen LogP contribution >= 0.6 is 0 Å². The summed E-state index contributed by atoms with van der Waals surface area (Å²) in [5.41, 5.74) is 4.62. The van der Waals surface area contributed by atoms with Crippen molar-refractivity contribution in [1.82, 2.24) is 14.7 Å². The molecule has 1 aromatic heterocycles. The number of methoxy groups -OCH3 is 1. The molecule has 0 N–H and O–H groups in total. The number of aryl methyl sites for hydroxylation is 1. The first-order chi connectivity index (χ1) is 14.0. The van der Waals surface area contributed by atoms with Crippen LogP contribution in [0.4, 0.5) is 0 Å². The van der Waals surface area contributed by atoms with Crippen molar-refractivity contribution in [2.24, 2.45) is 0 Å². The molecule has 2 heterocycles. The molecule has 0 saturated carbocycles. The number of esters is 1. The fourth-order valence-corrected chi connectivity index (χ4v) is 4.22. The number of rotatable bonds is 6. The SMILES string of the molecule is CCC1CCCCN1C(=O)c1ccc(-n2nc(C)c(CCC(=O)OC)c2C)cc1. The molecule has 156 valence electrons. The second kappa shape index (κ2) is 9.25. The van der Waals surface area contributed by atoms with Crippen molar-refractivity contribution in [3.8, 4) is 5.69 Å². The van der Waals surface area contributed by atoms with Crippen molar-refractivity contribution in [2.45, 2.75) is 65.3 Å². The average molecular weight is 398 g/mol. The zero-order valence-corrected chi connectivity index (χ0v) is 17.9. The Hall–Kier alpha value is -2.63. The number of likely N-dealkylation sites (tertiary alicyclic amines) is 1. The molecule has 29 heavy (non-hydrogen) atoms. The van der Waals surface area contributed by atoms with Gasteiger partial charge in [-0.05, 0) is 75.8 Å². The molecule has 6 heteroatoms. The van der Waals surface area contributed by atoms with E-state index in [9.17, 15) is 9.59 Å². The van der Waals surface area contributed by atoms with E-state index < -0.39 is 0 Å². The third-order valence-corrected chi connectivity index (χ3v) is 5.97. The van der Waals surface area contributed by atoms with Gasteiger partial charge >= 0.3 is 5.97 Å². The topological polar surface area (TPSA) is 64.4 Å². The maximum Gasteiger partial charge on any atom is 0.305 e. The summed E-state index contributed by atoms with van der Waals surface area (Å²) in [4.78, 5) is 26.5. The second-order valence-corrected chi connectivity index (χ2v) is 7.74. The van der Waals surface area contributed by atoms with Crippen molar-refractivity contribution in [3.05, 3.63) is 46.8 Å². The molecular formula is C23H31N3O3. The molecule has 1 aliphatic rings. The Morgan fingerprint density at radius 2 is 1.90 bits per heavy atom. The van der Waals surface area contributed by atoms with Gasteiger partial charge in [-0.15, -0.1) is 0 Å². The molecule has 3 rings (SSSR count). The maximum absolute atomic E-state index is 13.0. The first-order valence-electron chi connectivity index (χ1n) is 10.5. The number of aromatic nitrogens is 2. The van der Waals surface area contributed by atoms with E-state index in [1.807, 2.05) is 47.7 Å². The number of hydrogen-bond donors (Lipinski definition) is 0. The fraction of sp³-hybridized carbons (Fsp3) is 0.522. The smallest absolute Gasteiger partial charge is 0.305 e. The van der Waals surface area contributed by atoms with Crippen molar-refractivity contribution in [1.29, 1.82) is 0 Å². The van der Waals surface area contributed by atoms with Crippen LogP contribution in [0.15, 0.2) is 24.3 Å². The van der Waals surface area contributed by atoms with Gasteiger partial charge in [0.15, 0.2) is 0 Å². The quantitative estimate of drug-likeness (QED) is 0.691. The lowest BCUT2D eigenvalue weighted by atomic mass is 9.99. The van der Waals surface area contributed by atoms with Gasteiger partial charge in [-0.2, -0.15) is 5.10 Å². The summed E-state index contributed by atoms with van der Waals surface area (Å²) in [5, 5.41) is 4.64. The van der Waals surface area contributed by atoms with E-state index in [0.717, 1.165) is 54.0 Å². The number of nitrogens with zero attached hydrogens (tertiary/aromatic N) is 3. The van der Waals surface area contributed by atoms with Gasteiger partial charge in [0, 0.05) is 30.3 Å². The van der Waals surface area contributed by atoms with Crippen LogP contribution < -0.4 is 0 Å². The van der Waals surface area contributed by atoms with E-state index in [-0.39, 0.29) is 11.9 Å². The monoisotopic (exact) mass is 397 g/mol. The van der Waals surface area contributed by atoms with Crippen molar-refractivity contribution < 1.29 is 14.3 Å². The molecule has 2 aromatic rings. The molecule has 1 aromatic carbocycles. The summed E-state index contributed by atoms with van der Waals surface area (Å²) in [6, 6.07) is 8.03. The lowest BCUT2D eigenvalue weighted by Crippen LogP contribution is -2.43. The summed E-state index contributed by atoms with van der Waals surface area (Å²) < 4.78 is 6.62. The van der Waals surface area contributed by atoms with Gasteiger partial charge in [-0.1, -0.05) is 6.92 Å². The first kappa shape index (κ1) is 21.1. The van der Waals surface area contributed by atoms with Gasteiger partial charge in [0.25, 0.3) is 5.91 Å². The van der Waals surface area contributed by atoms with Crippen LogP contribution in [0.2, 0.25) is 0 Å². The summed E-state index contributed by atoms with van der Waals surface area (Å²) in [7, 11) is 1.40. The highest BCUT2D eigenvalue weighted by atomic mass is 16.5. The van der Waals surface area contributed by atoms with Crippen molar-refractivity contribution in [2.75, 3.05) is 13.7 Å². The Balaban J connectivity index is 1.78. The normalized spacial score (nSPS) is 16.7. The number of benzene rings is 1. The number of carbonyl (C=O) groups excluding carboxylic acids is 2. The lowest BCUT2D eigenvalue weighted by Gasteiger charge is -2.35. The summed E-state index contributed by atoms with van der Waals surface area (Å²) in [6.45, 7) is 6.96. The van der Waals surface area contributed by atoms with E-state index in [2.05, 4.69) is 12.0 Å². The predicted molar refractivity (Wildman–Crippen MR) is 112 cm³/mol. The van der Waals surface area contributed by atoms with Gasteiger partial charge < -0.3 is 9.64 Å². The van der Waals surface area contributed by atoms with E-state index in [1.165, 1.54) is 13.5 Å². The number of piperidine rings is 1. The van der Waals surface area contributed by atoms with E-state index in [0.29, 0.717) is 18.9 Å². The molecular weight excluding hydrogens is 366 g/mol. The molecule has 1 aliphatic heterocycles. The summed E-state index contributed by atoms with van der Waals surface area (Å²) in [6.07, 6.45) is 5.34. The highest BCUT2D eigenvalue weighted by Crippen LogP contribution is 2.23. The van der Waals surface area contributed by atoms with Crippen LogP contribution in [-0.4, -0.2) is 46.3 Å². The minimum absolute atomic E-state index is 0.121. The number of amides is 1.